The van der Waals surface area contributed by atoms with Crippen molar-refractivity contribution in [3.05, 3.63) is 50.7 Å². The topological polar surface area (TPSA) is 132 Å². The van der Waals surface area contributed by atoms with E-state index in [9.17, 15) is 14.4 Å². The third kappa shape index (κ3) is 1.88. The first-order valence-corrected chi connectivity index (χ1v) is 5.60. The Morgan fingerprint density at radius 3 is 2.40 bits per heavy atom. The van der Waals surface area contributed by atoms with Gasteiger partial charge in [-0.2, -0.15) is 5.10 Å². The first-order valence-electron chi connectivity index (χ1n) is 5.60. The molecule has 0 fully saturated rings. The van der Waals surface area contributed by atoms with Crippen LogP contribution in [0.3, 0.4) is 0 Å². The van der Waals surface area contributed by atoms with Gasteiger partial charge in [-0.15, -0.1) is 0 Å². The number of nitrogens with zero attached hydrogens (tertiary/aromatic N) is 1. The molecule has 0 radical (unpaired) electrons. The molecule has 8 heteroatoms. The highest BCUT2D eigenvalue weighted by Crippen LogP contribution is 2.20. The SMILES string of the molecule is O=C(O)c1cc(-c2ccc3[nH]c(=O)c(=O)[nH]c3c2)n[nH]1. The Bertz CT molecular complexity index is 934. The van der Waals surface area contributed by atoms with E-state index >= 15 is 0 Å². The Labute approximate surface area is 110 Å². The van der Waals surface area contributed by atoms with Crippen LogP contribution in [0.1, 0.15) is 10.5 Å². The maximum atomic E-state index is 11.3. The van der Waals surface area contributed by atoms with Crippen LogP contribution in [-0.4, -0.2) is 31.2 Å². The molecule has 3 aromatic rings. The van der Waals surface area contributed by atoms with Crippen LogP contribution in [0.4, 0.5) is 0 Å². The number of benzene rings is 1. The Kier molecular flexibility index (Phi) is 2.50. The molecule has 2 heterocycles. The highest BCUT2D eigenvalue weighted by molar-refractivity contribution is 5.87. The summed E-state index contributed by atoms with van der Waals surface area (Å²) >= 11 is 0. The molecule has 8 nitrogen and oxygen atoms in total. The molecule has 20 heavy (non-hydrogen) atoms. The van der Waals surface area contributed by atoms with Crippen LogP contribution in [-0.2, 0) is 0 Å². The molecule has 0 bridgehead atoms. The molecule has 0 saturated carbocycles. The minimum Gasteiger partial charge on any atom is -0.477 e. The second-order valence-corrected chi connectivity index (χ2v) is 4.14. The van der Waals surface area contributed by atoms with Gasteiger partial charge in [-0.1, -0.05) is 6.07 Å². The maximum absolute atomic E-state index is 11.3. The van der Waals surface area contributed by atoms with E-state index in [1.54, 1.807) is 18.2 Å². The second-order valence-electron chi connectivity index (χ2n) is 4.14. The van der Waals surface area contributed by atoms with Gasteiger partial charge >= 0.3 is 17.1 Å². The molecule has 1 aromatic carbocycles. The van der Waals surface area contributed by atoms with Gasteiger partial charge in [-0.3, -0.25) is 14.7 Å². The third-order valence-electron chi connectivity index (χ3n) is 2.83. The van der Waals surface area contributed by atoms with Crippen molar-refractivity contribution < 1.29 is 9.90 Å². The molecule has 0 aliphatic heterocycles. The fraction of sp³-hybridized carbons (Fsp3) is 0. The number of aromatic carboxylic acids is 1. The fourth-order valence-corrected chi connectivity index (χ4v) is 1.85. The summed E-state index contributed by atoms with van der Waals surface area (Å²) in [6.45, 7) is 0. The number of rotatable bonds is 2. The monoisotopic (exact) mass is 272 g/mol. The van der Waals surface area contributed by atoms with E-state index < -0.39 is 17.1 Å². The van der Waals surface area contributed by atoms with Crippen molar-refractivity contribution in [2.75, 3.05) is 0 Å². The van der Waals surface area contributed by atoms with E-state index in [0.29, 0.717) is 22.3 Å². The standard InChI is InChI=1S/C12H8N4O4/c17-10-11(18)14-8-3-5(1-2-6(8)13-10)7-4-9(12(19)20)16-15-7/h1-4H,(H,13,17)(H,14,18)(H,15,16)(H,19,20). The zero-order valence-corrected chi connectivity index (χ0v) is 9.93. The van der Waals surface area contributed by atoms with Gasteiger partial charge in [0.15, 0.2) is 0 Å². The van der Waals surface area contributed by atoms with Gasteiger partial charge in [0.1, 0.15) is 5.69 Å². The largest absolute Gasteiger partial charge is 0.477 e. The van der Waals surface area contributed by atoms with Crippen molar-refractivity contribution in [2.45, 2.75) is 0 Å². The van der Waals surface area contributed by atoms with E-state index in [1.807, 2.05) is 0 Å². The Morgan fingerprint density at radius 2 is 1.75 bits per heavy atom. The van der Waals surface area contributed by atoms with Gasteiger partial charge in [0, 0.05) is 5.56 Å². The van der Waals surface area contributed by atoms with Crippen LogP contribution in [0.2, 0.25) is 0 Å². The molecule has 4 N–H and O–H groups in total. The Balaban J connectivity index is 2.16. The predicted molar refractivity (Wildman–Crippen MR) is 69.7 cm³/mol. The van der Waals surface area contributed by atoms with Crippen LogP contribution >= 0.6 is 0 Å². The number of hydrogen-bond donors (Lipinski definition) is 4. The quantitative estimate of drug-likeness (QED) is 0.498. The van der Waals surface area contributed by atoms with Gasteiger partial charge < -0.3 is 15.1 Å². The van der Waals surface area contributed by atoms with Crippen LogP contribution in [0, 0.1) is 0 Å². The molecule has 0 aliphatic carbocycles. The van der Waals surface area contributed by atoms with Crippen LogP contribution in [0.25, 0.3) is 22.3 Å². The number of carboxylic acids is 1. The van der Waals surface area contributed by atoms with E-state index in [4.69, 9.17) is 5.11 Å². The smallest absolute Gasteiger partial charge is 0.353 e. The van der Waals surface area contributed by atoms with E-state index in [0.717, 1.165) is 0 Å². The first kappa shape index (κ1) is 11.9. The summed E-state index contributed by atoms with van der Waals surface area (Å²) in [7, 11) is 0. The van der Waals surface area contributed by atoms with Crippen LogP contribution in [0.5, 0.6) is 0 Å². The average Bonchev–Trinajstić information content (AvgIpc) is 2.89. The number of carboxylic acid groups (broad SMARTS) is 1. The fourth-order valence-electron chi connectivity index (χ4n) is 1.85. The van der Waals surface area contributed by atoms with Crippen molar-refractivity contribution in [3.63, 3.8) is 0 Å². The lowest BCUT2D eigenvalue weighted by molar-refractivity contribution is 0.0690. The molecule has 0 aliphatic rings. The van der Waals surface area contributed by atoms with Crippen molar-refractivity contribution in [2.24, 2.45) is 0 Å². The number of hydrogen-bond acceptors (Lipinski definition) is 4. The van der Waals surface area contributed by atoms with Gasteiger partial charge in [-0.25, -0.2) is 4.79 Å². The van der Waals surface area contributed by atoms with Crippen molar-refractivity contribution >= 4 is 17.0 Å². The van der Waals surface area contributed by atoms with Gasteiger partial charge in [0.25, 0.3) is 0 Å². The lowest BCUT2D eigenvalue weighted by atomic mass is 10.1. The maximum Gasteiger partial charge on any atom is 0.353 e. The molecule has 100 valence electrons. The number of aromatic nitrogens is 4. The van der Waals surface area contributed by atoms with Crippen LogP contribution in [0.15, 0.2) is 33.9 Å². The number of H-pyrrole nitrogens is 3. The average molecular weight is 272 g/mol. The lowest BCUT2D eigenvalue weighted by Crippen LogP contribution is -2.28. The molecule has 0 spiro atoms. The molecular weight excluding hydrogens is 264 g/mol. The number of nitrogens with one attached hydrogen (secondary N) is 3. The Hall–Kier alpha value is -3.16. The highest BCUT2D eigenvalue weighted by Gasteiger charge is 2.10. The summed E-state index contributed by atoms with van der Waals surface area (Å²) in [5.41, 5.74) is 0.454. The van der Waals surface area contributed by atoms with Gasteiger partial charge in [0.2, 0.25) is 0 Å². The van der Waals surface area contributed by atoms with E-state index in [-0.39, 0.29) is 5.69 Å². The molecular formula is C12H8N4O4. The number of aromatic amines is 3. The minimum absolute atomic E-state index is 0.0324. The van der Waals surface area contributed by atoms with Crippen molar-refractivity contribution in [1.29, 1.82) is 0 Å². The third-order valence-corrected chi connectivity index (χ3v) is 2.83. The van der Waals surface area contributed by atoms with Gasteiger partial charge in [0.05, 0.1) is 16.7 Å². The second kappa shape index (κ2) is 4.19. The molecule has 0 saturated heterocycles. The summed E-state index contributed by atoms with van der Waals surface area (Å²) in [4.78, 5) is 38.1. The zero-order valence-electron chi connectivity index (χ0n) is 9.93. The molecule has 0 atom stereocenters. The lowest BCUT2D eigenvalue weighted by Gasteiger charge is -2.00. The van der Waals surface area contributed by atoms with Crippen molar-refractivity contribution in [3.8, 4) is 11.3 Å². The zero-order chi connectivity index (χ0) is 14.3. The molecule has 2 aromatic heterocycles. The summed E-state index contributed by atoms with van der Waals surface area (Å²) < 4.78 is 0. The first-order chi connectivity index (χ1) is 9.54. The number of carbonyl (C=O) groups is 1. The minimum atomic E-state index is -1.11. The summed E-state index contributed by atoms with van der Waals surface area (Å²) in [6.07, 6.45) is 0. The summed E-state index contributed by atoms with van der Waals surface area (Å²) in [5.74, 6) is -1.11. The molecule has 3 rings (SSSR count). The summed E-state index contributed by atoms with van der Waals surface area (Å²) in [6, 6.07) is 6.26. The predicted octanol–water partition coefficient (Wildman–Crippen LogP) is 0.305. The number of fused-ring (bicyclic) bond motifs is 1. The van der Waals surface area contributed by atoms with E-state index in [1.165, 1.54) is 6.07 Å². The Morgan fingerprint density at radius 1 is 1.05 bits per heavy atom. The van der Waals surface area contributed by atoms with E-state index in [2.05, 4.69) is 20.2 Å². The molecule has 0 unspecified atom stereocenters. The van der Waals surface area contributed by atoms with Gasteiger partial charge in [-0.05, 0) is 18.2 Å². The van der Waals surface area contributed by atoms with Crippen LogP contribution < -0.4 is 11.1 Å². The summed E-state index contributed by atoms with van der Waals surface area (Å²) in [5, 5.41) is 15.1. The van der Waals surface area contributed by atoms with Crippen molar-refractivity contribution in [1.82, 2.24) is 20.2 Å². The highest BCUT2D eigenvalue weighted by atomic mass is 16.4. The normalized spacial score (nSPS) is 10.8. The molecule has 0 amide bonds.